The molecule has 0 aliphatic rings. The standard InChI is InChI=1S/C14H22N2O.ClH/c1-9(2)12-5-7-13(8-6-12)11(4)16-14(17)10(3)15;/h5-11H,15H2,1-4H3,(H,16,17);1H/t10-,11?;/m1./s1. The molecule has 0 saturated carbocycles. The molecule has 3 nitrogen and oxygen atoms in total. The van der Waals surface area contributed by atoms with E-state index in [9.17, 15) is 4.79 Å². The van der Waals surface area contributed by atoms with Crippen LogP contribution in [0.1, 0.15) is 50.8 Å². The van der Waals surface area contributed by atoms with Crippen LogP contribution in [0, 0.1) is 0 Å². The third-order valence-corrected chi connectivity index (χ3v) is 2.88. The molecule has 1 aromatic rings. The summed E-state index contributed by atoms with van der Waals surface area (Å²) in [4.78, 5) is 11.5. The molecule has 18 heavy (non-hydrogen) atoms. The minimum absolute atomic E-state index is 0. The van der Waals surface area contributed by atoms with Crippen LogP contribution in [0.25, 0.3) is 0 Å². The number of hydrogen-bond acceptors (Lipinski definition) is 2. The van der Waals surface area contributed by atoms with Gasteiger partial charge in [0.1, 0.15) is 0 Å². The molecule has 0 aliphatic heterocycles. The maximum absolute atomic E-state index is 11.5. The van der Waals surface area contributed by atoms with Crippen LogP contribution in [0.5, 0.6) is 0 Å². The third-order valence-electron chi connectivity index (χ3n) is 2.88. The van der Waals surface area contributed by atoms with Crippen LogP contribution in [-0.2, 0) is 4.79 Å². The van der Waals surface area contributed by atoms with Crippen molar-refractivity contribution in [1.29, 1.82) is 0 Å². The summed E-state index contributed by atoms with van der Waals surface area (Å²) in [5.74, 6) is 0.406. The molecule has 0 fully saturated rings. The molecule has 0 spiro atoms. The highest BCUT2D eigenvalue weighted by Crippen LogP contribution is 2.18. The van der Waals surface area contributed by atoms with Crippen molar-refractivity contribution in [3.05, 3.63) is 35.4 Å². The fourth-order valence-electron chi connectivity index (χ4n) is 1.60. The van der Waals surface area contributed by atoms with E-state index in [0.29, 0.717) is 5.92 Å². The van der Waals surface area contributed by atoms with Crippen LogP contribution in [0.15, 0.2) is 24.3 Å². The first kappa shape index (κ1) is 16.9. The van der Waals surface area contributed by atoms with Crippen LogP contribution in [0.4, 0.5) is 0 Å². The van der Waals surface area contributed by atoms with Gasteiger partial charge >= 0.3 is 0 Å². The predicted octanol–water partition coefficient (Wildman–Crippen LogP) is 2.76. The molecule has 1 rings (SSSR count). The van der Waals surface area contributed by atoms with Gasteiger partial charge in [-0.3, -0.25) is 4.79 Å². The maximum atomic E-state index is 11.5. The SMILES string of the molecule is CC(C)c1ccc(C(C)NC(=O)[C@@H](C)N)cc1.Cl. The average Bonchev–Trinajstić information content (AvgIpc) is 2.28. The summed E-state index contributed by atoms with van der Waals surface area (Å²) in [6.45, 7) is 7.97. The van der Waals surface area contributed by atoms with E-state index in [1.54, 1.807) is 6.92 Å². The van der Waals surface area contributed by atoms with Crippen molar-refractivity contribution in [1.82, 2.24) is 5.32 Å². The number of hydrogen-bond donors (Lipinski definition) is 2. The molecule has 0 aromatic heterocycles. The summed E-state index contributed by atoms with van der Waals surface area (Å²) in [5, 5.41) is 2.88. The van der Waals surface area contributed by atoms with Crippen LogP contribution < -0.4 is 11.1 Å². The van der Waals surface area contributed by atoms with Gasteiger partial charge in [0.15, 0.2) is 0 Å². The molecule has 2 atom stereocenters. The predicted molar refractivity (Wildman–Crippen MR) is 78.0 cm³/mol. The van der Waals surface area contributed by atoms with Gasteiger partial charge in [-0.15, -0.1) is 12.4 Å². The van der Waals surface area contributed by atoms with Gasteiger partial charge in [0.25, 0.3) is 0 Å². The molecule has 0 bridgehead atoms. The van der Waals surface area contributed by atoms with Crippen LogP contribution in [0.2, 0.25) is 0 Å². The first-order valence-electron chi connectivity index (χ1n) is 6.07. The van der Waals surface area contributed by atoms with Crippen molar-refractivity contribution in [2.45, 2.75) is 45.7 Å². The lowest BCUT2D eigenvalue weighted by atomic mass is 9.99. The molecule has 1 amide bonds. The Morgan fingerprint density at radius 1 is 1.06 bits per heavy atom. The van der Waals surface area contributed by atoms with E-state index in [1.165, 1.54) is 5.56 Å². The van der Waals surface area contributed by atoms with Gasteiger partial charge in [-0.25, -0.2) is 0 Å². The first-order chi connectivity index (χ1) is 7.91. The summed E-state index contributed by atoms with van der Waals surface area (Å²) in [6.07, 6.45) is 0. The van der Waals surface area contributed by atoms with E-state index in [1.807, 2.05) is 6.92 Å². The third kappa shape index (κ3) is 4.67. The van der Waals surface area contributed by atoms with Gasteiger partial charge in [0.05, 0.1) is 12.1 Å². The Labute approximate surface area is 116 Å². The second-order valence-electron chi connectivity index (χ2n) is 4.84. The average molecular weight is 271 g/mol. The number of amides is 1. The largest absolute Gasteiger partial charge is 0.348 e. The Hall–Kier alpha value is -1.06. The lowest BCUT2D eigenvalue weighted by molar-refractivity contribution is -0.122. The summed E-state index contributed by atoms with van der Waals surface area (Å²) in [6, 6.07) is 7.86. The second-order valence-corrected chi connectivity index (χ2v) is 4.84. The number of halogens is 1. The van der Waals surface area contributed by atoms with E-state index >= 15 is 0 Å². The highest BCUT2D eigenvalue weighted by molar-refractivity contribution is 5.85. The molecular weight excluding hydrogens is 248 g/mol. The van der Waals surface area contributed by atoms with E-state index in [2.05, 4.69) is 43.4 Å². The quantitative estimate of drug-likeness (QED) is 0.884. The number of carbonyl (C=O) groups excluding carboxylic acids is 1. The van der Waals surface area contributed by atoms with E-state index in [0.717, 1.165) is 5.56 Å². The van der Waals surface area contributed by atoms with E-state index < -0.39 is 6.04 Å². The van der Waals surface area contributed by atoms with Crippen molar-refractivity contribution >= 4 is 18.3 Å². The Morgan fingerprint density at radius 3 is 1.89 bits per heavy atom. The normalized spacial score (nSPS) is 13.7. The molecule has 0 radical (unpaired) electrons. The number of carbonyl (C=O) groups is 1. The first-order valence-corrected chi connectivity index (χ1v) is 6.07. The van der Waals surface area contributed by atoms with Crippen molar-refractivity contribution < 1.29 is 4.79 Å². The molecule has 0 aliphatic carbocycles. The smallest absolute Gasteiger partial charge is 0.237 e. The number of benzene rings is 1. The number of nitrogens with two attached hydrogens (primary N) is 1. The van der Waals surface area contributed by atoms with Crippen LogP contribution >= 0.6 is 12.4 Å². The Kier molecular flexibility index (Phi) is 6.96. The molecule has 3 N–H and O–H groups in total. The van der Waals surface area contributed by atoms with Gasteiger partial charge < -0.3 is 11.1 Å². The number of nitrogens with one attached hydrogen (secondary N) is 1. The maximum Gasteiger partial charge on any atom is 0.237 e. The monoisotopic (exact) mass is 270 g/mol. The van der Waals surface area contributed by atoms with Gasteiger partial charge in [-0.05, 0) is 30.9 Å². The van der Waals surface area contributed by atoms with Gasteiger partial charge in [0, 0.05) is 0 Å². The van der Waals surface area contributed by atoms with Gasteiger partial charge in [-0.2, -0.15) is 0 Å². The topological polar surface area (TPSA) is 55.1 Å². The lowest BCUT2D eigenvalue weighted by Gasteiger charge is -2.16. The Balaban J connectivity index is 0.00000289. The van der Waals surface area contributed by atoms with Crippen molar-refractivity contribution in [3.8, 4) is 0 Å². The highest BCUT2D eigenvalue weighted by Gasteiger charge is 2.12. The van der Waals surface area contributed by atoms with Crippen molar-refractivity contribution in [2.75, 3.05) is 0 Å². The summed E-state index contributed by atoms with van der Waals surface area (Å²) in [7, 11) is 0. The van der Waals surface area contributed by atoms with E-state index in [4.69, 9.17) is 5.73 Å². The minimum Gasteiger partial charge on any atom is -0.348 e. The molecule has 0 heterocycles. The molecular formula is C14H23ClN2O. The molecule has 0 saturated heterocycles. The fourth-order valence-corrected chi connectivity index (χ4v) is 1.60. The molecule has 1 aromatic carbocycles. The summed E-state index contributed by atoms with van der Waals surface area (Å²) >= 11 is 0. The van der Waals surface area contributed by atoms with Crippen LogP contribution in [0.3, 0.4) is 0 Å². The Morgan fingerprint density at radius 2 is 1.50 bits per heavy atom. The Bertz CT molecular complexity index is 374. The van der Waals surface area contributed by atoms with Crippen molar-refractivity contribution in [3.63, 3.8) is 0 Å². The summed E-state index contributed by atoms with van der Waals surface area (Å²) < 4.78 is 0. The molecule has 4 heteroatoms. The molecule has 102 valence electrons. The highest BCUT2D eigenvalue weighted by atomic mass is 35.5. The lowest BCUT2D eigenvalue weighted by Crippen LogP contribution is -2.39. The minimum atomic E-state index is -0.465. The fraction of sp³-hybridized carbons (Fsp3) is 0.500. The van der Waals surface area contributed by atoms with Crippen molar-refractivity contribution in [2.24, 2.45) is 5.73 Å². The second kappa shape index (κ2) is 7.39. The van der Waals surface area contributed by atoms with E-state index in [-0.39, 0.29) is 24.4 Å². The zero-order chi connectivity index (χ0) is 13.0. The van der Waals surface area contributed by atoms with Gasteiger partial charge in [-0.1, -0.05) is 38.1 Å². The number of rotatable bonds is 4. The molecule has 1 unspecified atom stereocenters. The van der Waals surface area contributed by atoms with Gasteiger partial charge in [0.2, 0.25) is 5.91 Å². The summed E-state index contributed by atoms with van der Waals surface area (Å²) in [5.41, 5.74) is 7.92. The zero-order valence-electron chi connectivity index (χ0n) is 11.4. The van der Waals surface area contributed by atoms with Crippen LogP contribution in [-0.4, -0.2) is 11.9 Å². The zero-order valence-corrected chi connectivity index (χ0v) is 12.3.